The number of rotatable bonds is 62. The van der Waals surface area contributed by atoms with Crippen molar-refractivity contribution in [2.75, 3.05) is 13.2 Å². The Morgan fingerprint density at radius 1 is 0.259 bits per heavy atom. The van der Waals surface area contributed by atoms with Gasteiger partial charge in [-0.2, -0.15) is 0 Å². The number of allylic oxidation sites excluding steroid dienone is 18. The van der Waals surface area contributed by atoms with Gasteiger partial charge in [-0.1, -0.05) is 336 Å². The lowest BCUT2D eigenvalue weighted by Crippen LogP contribution is -2.30. The van der Waals surface area contributed by atoms with Crippen molar-refractivity contribution in [2.24, 2.45) is 0 Å². The molecule has 1 atom stereocenters. The van der Waals surface area contributed by atoms with Crippen LogP contribution in [-0.2, 0) is 28.6 Å². The fourth-order valence-electron chi connectivity index (χ4n) is 9.68. The summed E-state index contributed by atoms with van der Waals surface area (Å²) in [5.74, 6) is -0.938. The quantitative estimate of drug-likeness (QED) is 0.0261. The van der Waals surface area contributed by atoms with Gasteiger partial charge < -0.3 is 14.2 Å². The maximum Gasteiger partial charge on any atom is 0.306 e. The molecule has 0 N–H and O–H groups in total. The van der Waals surface area contributed by atoms with Crippen LogP contribution in [0.4, 0.5) is 0 Å². The molecule has 81 heavy (non-hydrogen) atoms. The van der Waals surface area contributed by atoms with E-state index in [-0.39, 0.29) is 37.5 Å². The van der Waals surface area contributed by atoms with E-state index >= 15 is 0 Å². The molecule has 0 bridgehead atoms. The van der Waals surface area contributed by atoms with Gasteiger partial charge in [-0.15, -0.1) is 0 Å². The Bertz CT molecular complexity index is 1620. The van der Waals surface area contributed by atoms with Gasteiger partial charge in [0.25, 0.3) is 0 Å². The molecule has 0 spiro atoms. The molecule has 0 radical (unpaired) electrons. The second kappa shape index (κ2) is 68.6. The molecular formula is C75H128O6. The molecule has 0 amide bonds. The lowest BCUT2D eigenvalue weighted by molar-refractivity contribution is -0.167. The van der Waals surface area contributed by atoms with E-state index in [1.165, 1.54) is 180 Å². The summed E-state index contributed by atoms with van der Waals surface area (Å²) in [6.07, 6.45) is 93.9. The summed E-state index contributed by atoms with van der Waals surface area (Å²) in [6, 6.07) is 0. The summed E-state index contributed by atoms with van der Waals surface area (Å²) in [4.78, 5) is 38.4. The van der Waals surface area contributed by atoms with Crippen molar-refractivity contribution in [3.8, 4) is 0 Å². The fourth-order valence-corrected chi connectivity index (χ4v) is 9.68. The van der Waals surface area contributed by atoms with E-state index < -0.39 is 6.10 Å². The average Bonchev–Trinajstić information content (AvgIpc) is 3.47. The molecule has 0 heterocycles. The molecule has 464 valence electrons. The second-order valence-corrected chi connectivity index (χ2v) is 22.7. The van der Waals surface area contributed by atoms with Gasteiger partial charge in [0.1, 0.15) is 13.2 Å². The summed E-state index contributed by atoms with van der Waals surface area (Å²) in [5.41, 5.74) is 0. The first kappa shape index (κ1) is 77.1. The summed E-state index contributed by atoms with van der Waals surface area (Å²) in [5, 5.41) is 0. The monoisotopic (exact) mass is 1120 g/mol. The van der Waals surface area contributed by atoms with Crippen LogP contribution in [0, 0.1) is 0 Å². The minimum Gasteiger partial charge on any atom is -0.462 e. The number of carbonyl (C=O) groups is 3. The van der Waals surface area contributed by atoms with Crippen molar-refractivity contribution < 1.29 is 28.6 Å². The lowest BCUT2D eigenvalue weighted by Gasteiger charge is -2.18. The van der Waals surface area contributed by atoms with E-state index in [0.29, 0.717) is 19.3 Å². The molecule has 0 saturated heterocycles. The SMILES string of the molecule is CC/C=C\C/C=C\C/C=C\C/C=C\C/C=C\C/C=C\C/C=C\C/C=C\C/C=C\CCCC(=O)OCC(COC(=O)CCCCCCCCCCCCCCCCCCC)OC(=O)CCCCCCCCCCCCCCCCCCC. The third-order valence-corrected chi connectivity index (χ3v) is 14.8. The molecule has 6 heteroatoms. The van der Waals surface area contributed by atoms with Gasteiger partial charge >= 0.3 is 17.9 Å². The molecule has 0 aromatic rings. The van der Waals surface area contributed by atoms with Gasteiger partial charge in [-0.25, -0.2) is 0 Å². The number of hydrogen-bond acceptors (Lipinski definition) is 6. The van der Waals surface area contributed by atoms with E-state index in [1.807, 2.05) is 0 Å². The molecule has 0 fully saturated rings. The van der Waals surface area contributed by atoms with Crippen LogP contribution in [0.3, 0.4) is 0 Å². The summed E-state index contributed by atoms with van der Waals surface area (Å²) >= 11 is 0. The molecule has 0 aromatic heterocycles. The van der Waals surface area contributed by atoms with Crippen molar-refractivity contribution >= 4 is 17.9 Å². The molecular weight excluding hydrogens is 997 g/mol. The second-order valence-electron chi connectivity index (χ2n) is 22.7. The number of unbranched alkanes of at least 4 members (excludes halogenated alkanes) is 33. The van der Waals surface area contributed by atoms with E-state index in [4.69, 9.17) is 14.2 Å². The Morgan fingerprint density at radius 2 is 0.481 bits per heavy atom. The van der Waals surface area contributed by atoms with Crippen LogP contribution in [0.5, 0.6) is 0 Å². The zero-order valence-corrected chi connectivity index (χ0v) is 53.3. The van der Waals surface area contributed by atoms with Crippen molar-refractivity contribution in [2.45, 2.75) is 335 Å². The zero-order valence-electron chi connectivity index (χ0n) is 53.3. The number of ether oxygens (including phenoxy) is 3. The summed E-state index contributed by atoms with van der Waals surface area (Å²) in [6.45, 7) is 6.53. The largest absolute Gasteiger partial charge is 0.462 e. The van der Waals surface area contributed by atoms with Gasteiger partial charge in [-0.3, -0.25) is 14.4 Å². The van der Waals surface area contributed by atoms with Gasteiger partial charge in [-0.05, 0) is 83.5 Å². The molecule has 6 nitrogen and oxygen atoms in total. The third kappa shape index (κ3) is 66.8. The molecule has 0 saturated carbocycles. The van der Waals surface area contributed by atoms with Crippen molar-refractivity contribution in [1.82, 2.24) is 0 Å². The Hall–Kier alpha value is -3.93. The number of esters is 3. The Kier molecular flexibility index (Phi) is 65.2. The number of hydrogen-bond donors (Lipinski definition) is 0. The van der Waals surface area contributed by atoms with Gasteiger partial charge in [0.2, 0.25) is 0 Å². The van der Waals surface area contributed by atoms with Crippen molar-refractivity contribution in [1.29, 1.82) is 0 Å². The van der Waals surface area contributed by atoms with Gasteiger partial charge in [0, 0.05) is 19.3 Å². The van der Waals surface area contributed by atoms with E-state index in [9.17, 15) is 14.4 Å². The summed E-state index contributed by atoms with van der Waals surface area (Å²) < 4.78 is 16.9. The van der Waals surface area contributed by atoms with Crippen LogP contribution in [0.2, 0.25) is 0 Å². The van der Waals surface area contributed by atoms with Gasteiger partial charge in [0.05, 0.1) is 0 Å². The van der Waals surface area contributed by atoms with Crippen LogP contribution < -0.4 is 0 Å². The first-order valence-corrected chi connectivity index (χ1v) is 34.4. The van der Waals surface area contributed by atoms with Crippen LogP contribution in [0.25, 0.3) is 0 Å². The predicted molar refractivity (Wildman–Crippen MR) is 353 cm³/mol. The van der Waals surface area contributed by atoms with Crippen molar-refractivity contribution in [3.63, 3.8) is 0 Å². The first-order valence-electron chi connectivity index (χ1n) is 34.4. The van der Waals surface area contributed by atoms with Crippen LogP contribution in [0.15, 0.2) is 109 Å². The van der Waals surface area contributed by atoms with E-state index in [0.717, 1.165) is 103 Å². The Balaban J connectivity index is 4.43. The van der Waals surface area contributed by atoms with E-state index in [2.05, 4.69) is 130 Å². The van der Waals surface area contributed by atoms with E-state index in [1.54, 1.807) is 0 Å². The highest BCUT2D eigenvalue weighted by atomic mass is 16.6. The topological polar surface area (TPSA) is 78.9 Å². The zero-order chi connectivity index (χ0) is 58.5. The molecule has 0 aliphatic heterocycles. The van der Waals surface area contributed by atoms with Crippen LogP contribution >= 0.6 is 0 Å². The lowest BCUT2D eigenvalue weighted by atomic mass is 10.0. The van der Waals surface area contributed by atoms with Crippen LogP contribution in [0.1, 0.15) is 329 Å². The smallest absolute Gasteiger partial charge is 0.306 e. The highest BCUT2D eigenvalue weighted by Gasteiger charge is 2.19. The first-order chi connectivity index (χ1) is 40.0. The molecule has 0 aliphatic carbocycles. The Labute approximate surface area is 501 Å². The highest BCUT2D eigenvalue weighted by molar-refractivity contribution is 5.71. The molecule has 0 rings (SSSR count). The normalized spacial score (nSPS) is 12.8. The molecule has 0 aliphatic rings. The fraction of sp³-hybridized carbons (Fsp3) is 0.720. The maximum absolute atomic E-state index is 12.9. The standard InChI is InChI=1S/C75H128O6/c1-4-7-10-13-16-19-22-25-28-31-32-33-34-35-36-37-38-39-40-41-42-45-47-50-53-56-59-62-65-68-74(77)80-71-72(81-75(78)69-66-63-60-57-54-51-48-44-30-27-24-21-18-15-12-9-6-3)70-79-73(76)67-64-61-58-55-52-49-46-43-29-26-23-20-17-14-11-8-5-2/h7,10,16,19,25,28,32-33,35-36,38-39,41-42,47,50,56,59,72H,4-6,8-9,11-15,17-18,20-24,26-27,29-31,34,37,40,43-46,48-49,51-55,57-58,60-71H2,1-3H3/b10-7-,19-16-,28-25-,33-32-,36-35-,39-38-,42-41-,50-47-,59-56-. The Morgan fingerprint density at radius 3 is 0.753 bits per heavy atom. The van der Waals surface area contributed by atoms with Crippen LogP contribution in [-0.4, -0.2) is 37.2 Å². The molecule has 0 aromatic carbocycles. The maximum atomic E-state index is 12.9. The molecule has 1 unspecified atom stereocenters. The average molecular weight is 1130 g/mol. The minimum absolute atomic E-state index is 0.0919. The number of carbonyl (C=O) groups excluding carboxylic acids is 3. The predicted octanol–water partition coefficient (Wildman–Crippen LogP) is 23.8. The van der Waals surface area contributed by atoms with Gasteiger partial charge in [0.15, 0.2) is 6.10 Å². The minimum atomic E-state index is -0.801. The third-order valence-electron chi connectivity index (χ3n) is 14.8. The summed E-state index contributed by atoms with van der Waals surface area (Å²) in [7, 11) is 0. The van der Waals surface area contributed by atoms with Crippen molar-refractivity contribution in [3.05, 3.63) is 109 Å². The highest BCUT2D eigenvalue weighted by Crippen LogP contribution is 2.17.